The lowest BCUT2D eigenvalue weighted by atomic mass is 9.44. The monoisotopic (exact) mass is 388 g/mol. The molecule has 0 N–H and O–H groups in total. The summed E-state index contributed by atoms with van der Waals surface area (Å²) in [5, 5.41) is 0. The van der Waals surface area contributed by atoms with Gasteiger partial charge in [0.05, 0.1) is 13.2 Å². The summed E-state index contributed by atoms with van der Waals surface area (Å²) in [6, 6.07) is 0. The van der Waals surface area contributed by atoms with Gasteiger partial charge >= 0.3 is 0 Å². The van der Waals surface area contributed by atoms with Crippen molar-refractivity contribution in [2.24, 2.45) is 45.8 Å². The molecule has 5 fully saturated rings. The van der Waals surface area contributed by atoms with Crippen LogP contribution in [0.25, 0.3) is 0 Å². The van der Waals surface area contributed by atoms with Gasteiger partial charge < -0.3 is 9.47 Å². The van der Waals surface area contributed by atoms with Crippen molar-refractivity contribution in [1.29, 1.82) is 0 Å². The molecule has 5 rings (SSSR count). The number of ether oxygens (including phenoxy) is 2. The van der Waals surface area contributed by atoms with Gasteiger partial charge in [0.2, 0.25) is 0 Å². The van der Waals surface area contributed by atoms with Gasteiger partial charge in [0.15, 0.2) is 5.79 Å². The van der Waals surface area contributed by atoms with E-state index in [0.717, 1.165) is 49.2 Å². The molecule has 0 aromatic heterocycles. The van der Waals surface area contributed by atoms with E-state index < -0.39 is 0 Å². The molecule has 160 valence electrons. The van der Waals surface area contributed by atoms with Gasteiger partial charge in [-0.1, -0.05) is 47.5 Å². The Bertz CT molecular complexity index is 602. The first-order valence-corrected chi connectivity index (χ1v) is 12.5. The van der Waals surface area contributed by atoms with Crippen molar-refractivity contribution in [2.75, 3.05) is 13.2 Å². The van der Waals surface area contributed by atoms with Crippen LogP contribution in [0.4, 0.5) is 0 Å². The minimum atomic E-state index is -0.283. The van der Waals surface area contributed by atoms with Gasteiger partial charge in [-0.2, -0.15) is 0 Å². The topological polar surface area (TPSA) is 18.5 Å². The maximum Gasteiger partial charge on any atom is 0.173 e. The zero-order valence-electron chi connectivity index (χ0n) is 19.2. The predicted molar refractivity (Wildman–Crippen MR) is 114 cm³/mol. The second-order valence-corrected chi connectivity index (χ2v) is 12.7. The van der Waals surface area contributed by atoms with Crippen LogP contribution in [0.2, 0.25) is 0 Å². The van der Waals surface area contributed by atoms with Crippen LogP contribution in [0.15, 0.2) is 0 Å². The molecule has 1 aliphatic heterocycles. The Kier molecular flexibility index (Phi) is 4.58. The quantitative estimate of drug-likeness (QED) is 0.490. The minimum absolute atomic E-state index is 0.166. The molecule has 0 aromatic carbocycles. The van der Waals surface area contributed by atoms with E-state index in [1.165, 1.54) is 57.8 Å². The zero-order chi connectivity index (χ0) is 19.8. The molecular weight excluding hydrogens is 344 g/mol. The highest BCUT2D eigenvalue weighted by Gasteiger charge is 2.67. The fraction of sp³-hybridized carbons (Fsp3) is 1.00. The van der Waals surface area contributed by atoms with Crippen LogP contribution in [0.5, 0.6) is 0 Å². The Morgan fingerprint density at radius 1 is 0.786 bits per heavy atom. The Balaban J connectivity index is 1.41. The molecule has 0 amide bonds. The Labute approximate surface area is 173 Å². The molecule has 28 heavy (non-hydrogen) atoms. The van der Waals surface area contributed by atoms with Crippen LogP contribution in [-0.2, 0) is 9.47 Å². The van der Waals surface area contributed by atoms with Gasteiger partial charge in [0, 0.05) is 17.3 Å². The molecule has 4 saturated carbocycles. The molecule has 1 saturated heterocycles. The first kappa shape index (κ1) is 19.9. The van der Waals surface area contributed by atoms with Crippen LogP contribution in [0.1, 0.15) is 98.8 Å². The molecular formula is C26H44O2. The van der Waals surface area contributed by atoms with Crippen molar-refractivity contribution in [1.82, 2.24) is 0 Å². The predicted octanol–water partition coefficient (Wildman–Crippen LogP) is 6.82. The minimum Gasteiger partial charge on any atom is -0.349 e. The second-order valence-electron chi connectivity index (χ2n) is 12.7. The SMILES string of the molecule is CCC1CCC2CCC3C(CCC4(C)C3CCC43OCC(C)(C)CO3)C2(C)C1. The van der Waals surface area contributed by atoms with Crippen LogP contribution in [0, 0.1) is 45.8 Å². The average Bonchev–Trinajstić information content (AvgIpc) is 2.96. The van der Waals surface area contributed by atoms with E-state index in [4.69, 9.17) is 9.47 Å². The lowest BCUT2D eigenvalue weighted by molar-refractivity contribution is -0.348. The van der Waals surface area contributed by atoms with E-state index >= 15 is 0 Å². The largest absolute Gasteiger partial charge is 0.349 e. The summed E-state index contributed by atoms with van der Waals surface area (Å²) in [6.07, 6.45) is 14.1. The normalized spacial score (nSPS) is 52.0. The van der Waals surface area contributed by atoms with Crippen molar-refractivity contribution < 1.29 is 9.47 Å². The molecule has 7 atom stereocenters. The fourth-order valence-corrected chi connectivity index (χ4v) is 8.97. The van der Waals surface area contributed by atoms with Crippen LogP contribution >= 0.6 is 0 Å². The lowest BCUT2D eigenvalue weighted by Crippen LogP contribution is -2.60. The molecule has 7 unspecified atom stereocenters. The second kappa shape index (κ2) is 6.46. The van der Waals surface area contributed by atoms with Crippen LogP contribution in [0.3, 0.4) is 0 Å². The molecule has 4 aliphatic carbocycles. The van der Waals surface area contributed by atoms with Gasteiger partial charge in [-0.3, -0.25) is 0 Å². The first-order chi connectivity index (χ1) is 13.2. The summed E-state index contributed by atoms with van der Waals surface area (Å²) in [7, 11) is 0. The number of hydrogen-bond acceptors (Lipinski definition) is 2. The van der Waals surface area contributed by atoms with Gasteiger partial charge in [0.25, 0.3) is 0 Å². The highest BCUT2D eigenvalue weighted by molar-refractivity contribution is 5.13. The summed E-state index contributed by atoms with van der Waals surface area (Å²) in [4.78, 5) is 0. The average molecular weight is 389 g/mol. The number of rotatable bonds is 1. The third kappa shape index (κ3) is 2.65. The van der Waals surface area contributed by atoms with Gasteiger partial charge in [0.1, 0.15) is 0 Å². The van der Waals surface area contributed by atoms with E-state index in [1.54, 1.807) is 0 Å². The molecule has 0 radical (unpaired) electrons. The summed E-state index contributed by atoms with van der Waals surface area (Å²) < 4.78 is 13.3. The van der Waals surface area contributed by atoms with Crippen molar-refractivity contribution >= 4 is 0 Å². The van der Waals surface area contributed by atoms with Crippen LogP contribution in [-0.4, -0.2) is 19.0 Å². The lowest BCUT2D eigenvalue weighted by Gasteiger charge is -2.62. The van der Waals surface area contributed by atoms with E-state index in [1.807, 2.05) is 0 Å². The standard InChI is InChI=1S/C26H44O2/c1-6-18-7-8-19-9-10-20-21(24(19,4)15-18)11-13-25(5)22(20)12-14-26(25)27-16-23(2,3)17-28-26/h18-22H,6-17H2,1-5H3. The summed E-state index contributed by atoms with van der Waals surface area (Å²) in [6.45, 7) is 14.0. The maximum absolute atomic E-state index is 6.64. The highest BCUT2D eigenvalue weighted by atomic mass is 16.7. The van der Waals surface area contributed by atoms with Crippen molar-refractivity contribution in [3.8, 4) is 0 Å². The van der Waals surface area contributed by atoms with E-state index in [-0.39, 0.29) is 16.6 Å². The first-order valence-electron chi connectivity index (χ1n) is 12.5. The third-order valence-electron chi connectivity index (χ3n) is 10.7. The van der Waals surface area contributed by atoms with Crippen LogP contribution < -0.4 is 0 Å². The maximum atomic E-state index is 6.64. The Morgan fingerprint density at radius 3 is 2.18 bits per heavy atom. The molecule has 0 aromatic rings. The summed E-state index contributed by atoms with van der Waals surface area (Å²) in [5.41, 5.74) is 1.00. The van der Waals surface area contributed by atoms with Crippen molar-refractivity contribution in [3.63, 3.8) is 0 Å². The molecule has 2 nitrogen and oxygen atoms in total. The number of fused-ring (bicyclic) bond motifs is 6. The summed E-state index contributed by atoms with van der Waals surface area (Å²) in [5.74, 6) is 4.38. The van der Waals surface area contributed by atoms with Crippen molar-refractivity contribution in [3.05, 3.63) is 0 Å². The molecule has 0 bridgehead atoms. The summed E-state index contributed by atoms with van der Waals surface area (Å²) >= 11 is 0. The smallest absolute Gasteiger partial charge is 0.173 e. The van der Waals surface area contributed by atoms with Gasteiger partial charge in [-0.25, -0.2) is 0 Å². The molecule has 5 aliphatic rings. The Morgan fingerprint density at radius 2 is 1.46 bits per heavy atom. The van der Waals surface area contributed by atoms with E-state index in [2.05, 4.69) is 34.6 Å². The van der Waals surface area contributed by atoms with Gasteiger partial charge in [-0.05, 0) is 80.0 Å². The molecule has 1 spiro atoms. The zero-order valence-corrected chi connectivity index (χ0v) is 19.2. The van der Waals surface area contributed by atoms with E-state index in [9.17, 15) is 0 Å². The molecule has 2 heteroatoms. The van der Waals surface area contributed by atoms with E-state index in [0.29, 0.717) is 5.41 Å². The van der Waals surface area contributed by atoms with Crippen molar-refractivity contribution in [2.45, 2.75) is 105 Å². The molecule has 1 heterocycles. The number of hydrogen-bond donors (Lipinski definition) is 0. The third-order valence-corrected chi connectivity index (χ3v) is 10.7. The fourth-order valence-electron chi connectivity index (χ4n) is 8.97. The Hall–Kier alpha value is -0.0800. The highest BCUT2D eigenvalue weighted by Crippen LogP contribution is 2.70. The van der Waals surface area contributed by atoms with Gasteiger partial charge in [-0.15, -0.1) is 0 Å².